The van der Waals surface area contributed by atoms with E-state index in [-0.39, 0.29) is 6.10 Å². The van der Waals surface area contributed by atoms with Gasteiger partial charge in [-0.15, -0.1) is 0 Å². The Kier molecular flexibility index (Phi) is 3.33. The molecule has 0 aliphatic heterocycles. The van der Waals surface area contributed by atoms with Gasteiger partial charge in [0.2, 0.25) is 0 Å². The van der Waals surface area contributed by atoms with Crippen LogP contribution in [0.15, 0.2) is 11.6 Å². The highest BCUT2D eigenvalue weighted by Gasteiger charge is 2.22. The van der Waals surface area contributed by atoms with Gasteiger partial charge >= 0.3 is 0 Å². The van der Waals surface area contributed by atoms with E-state index in [9.17, 15) is 5.11 Å². The highest BCUT2D eigenvalue weighted by Crippen LogP contribution is 2.27. The Bertz CT molecular complexity index is 170. The largest absolute Gasteiger partial charge is 0.388 e. The Hall–Kier alpha value is -0.300. The lowest BCUT2D eigenvalue weighted by molar-refractivity contribution is 0.121. The van der Waals surface area contributed by atoms with E-state index < -0.39 is 0 Å². The fourth-order valence-electron chi connectivity index (χ4n) is 1.67. The lowest BCUT2D eigenvalue weighted by Crippen LogP contribution is -2.23. The summed E-state index contributed by atoms with van der Waals surface area (Å²) in [6.07, 6.45) is 5.53. The molecule has 2 atom stereocenters. The third-order valence-corrected chi connectivity index (χ3v) is 3.01. The van der Waals surface area contributed by atoms with Crippen LogP contribution in [0.5, 0.6) is 0 Å². The first kappa shape index (κ1) is 9.79. The smallest absolute Gasteiger partial charge is 0.0778 e. The average Bonchev–Trinajstić information content (AvgIpc) is 2.53. The van der Waals surface area contributed by atoms with Crippen LogP contribution in [-0.2, 0) is 0 Å². The van der Waals surface area contributed by atoms with Crippen LogP contribution < -0.4 is 0 Å². The Morgan fingerprint density at radius 2 is 2.00 bits per heavy atom. The van der Waals surface area contributed by atoms with Crippen molar-refractivity contribution in [2.45, 2.75) is 46.1 Å². The molecule has 1 aliphatic carbocycles. The van der Waals surface area contributed by atoms with Gasteiger partial charge in [-0.3, -0.25) is 0 Å². The van der Waals surface area contributed by atoms with Crippen molar-refractivity contribution in [2.75, 3.05) is 0 Å². The Balaban J connectivity index is 2.51. The molecule has 0 aromatic carbocycles. The van der Waals surface area contributed by atoms with Crippen molar-refractivity contribution >= 4 is 0 Å². The molecular weight excluding hydrogens is 148 g/mol. The Labute approximate surface area is 75.5 Å². The molecule has 0 bridgehead atoms. The molecule has 0 fully saturated rings. The predicted octanol–water partition coefficient (Wildman–Crippen LogP) is 2.75. The number of hydrogen-bond donors (Lipinski definition) is 1. The molecule has 1 aliphatic rings. The molecule has 0 radical (unpaired) electrons. The maximum Gasteiger partial charge on any atom is 0.0778 e. The third-order valence-electron chi connectivity index (χ3n) is 3.01. The molecule has 0 saturated carbocycles. The summed E-state index contributed by atoms with van der Waals surface area (Å²) in [5.74, 6) is 0.968. The Morgan fingerprint density at radius 3 is 2.42 bits per heavy atom. The van der Waals surface area contributed by atoms with Crippen LogP contribution in [0.4, 0.5) is 0 Å². The summed E-state index contributed by atoms with van der Waals surface area (Å²) >= 11 is 0. The maximum atomic E-state index is 9.92. The van der Waals surface area contributed by atoms with Crippen molar-refractivity contribution in [3.63, 3.8) is 0 Å². The number of aliphatic hydroxyl groups is 1. The van der Waals surface area contributed by atoms with Gasteiger partial charge in [-0.25, -0.2) is 0 Å². The first-order valence-electron chi connectivity index (χ1n) is 5.00. The van der Waals surface area contributed by atoms with Crippen molar-refractivity contribution in [1.82, 2.24) is 0 Å². The van der Waals surface area contributed by atoms with Crippen LogP contribution in [-0.4, -0.2) is 11.2 Å². The molecule has 12 heavy (non-hydrogen) atoms. The minimum atomic E-state index is -0.188. The van der Waals surface area contributed by atoms with E-state index in [2.05, 4.69) is 26.8 Å². The fraction of sp³-hybridized carbons (Fsp3) is 0.818. The second kappa shape index (κ2) is 4.08. The quantitative estimate of drug-likeness (QED) is 0.642. The molecule has 1 N–H and O–H groups in total. The van der Waals surface area contributed by atoms with Crippen LogP contribution >= 0.6 is 0 Å². The monoisotopic (exact) mass is 168 g/mol. The van der Waals surface area contributed by atoms with Crippen LogP contribution in [0.2, 0.25) is 0 Å². The SMILES string of the molecule is CC(C)C(C)C(O)C1=CCCC1. The summed E-state index contributed by atoms with van der Waals surface area (Å²) in [4.78, 5) is 0. The van der Waals surface area contributed by atoms with Gasteiger partial charge in [0.15, 0.2) is 0 Å². The zero-order valence-corrected chi connectivity index (χ0v) is 8.38. The van der Waals surface area contributed by atoms with E-state index >= 15 is 0 Å². The van der Waals surface area contributed by atoms with E-state index in [0.29, 0.717) is 11.8 Å². The van der Waals surface area contributed by atoms with Gasteiger partial charge in [0.05, 0.1) is 6.10 Å². The van der Waals surface area contributed by atoms with Gasteiger partial charge in [-0.1, -0.05) is 26.8 Å². The summed E-state index contributed by atoms with van der Waals surface area (Å²) in [7, 11) is 0. The molecule has 1 heteroatoms. The second-order valence-corrected chi connectivity index (χ2v) is 4.22. The van der Waals surface area contributed by atoms with Gasteiger partial charge in [0.1, 0.15) is 0 Å². The molecule has 1 rings (SSSR count). The summed E-state index contributed by atoms with van der Waals surface area (Å²) in [6, 6.07) is 0. The minimum Gasteiger partial charge on any atom is -0.388 e. The first-order valence-corrected chi connectivity index (χ1v) is 5.00. The number of allylic oxidation sites excluding steroid dienone is 1. The number of rotatable bonds is 3. The maximum absolute atomic E-state index is 9.92. The van der Waals surface area contributed by atoms with E-state index in [4.69, 9.17) is 0 Å². The second-order valence-electron chi connectivity index (χ2n) is 4.22. The zero-order chi connectivity index (χ0) is 9.14. The summed E-state index contributed by atoms with van der Waals surface area (Å²) in [6.45, 7) is 6.47. The molecule has 2 unspecified atom stereocenters. The summed E-state index contributed by atoms with van der Waals surface area (Å²) < 4.78 is 0. The van der Waals surface area contributed by atoms with Crippen LogP contribution in [0.3, 0.4) is 0 Å². The fourth-order valence-corrected chi connectivity index (χ4v) is 1.67. The highest BCUT2D eigenvalue weighted by molar-refractivity contribution is 5.13. The molecule has 0 spiro atoms. The van der Waals surface area contributed by atoms with Crippen LogP contribution in [0.25, 0.3) is 0 Å². The number of hydrogen-bond acceptors (Lipinski definition) is 1. The van der Waals surface area contributed by atoms with E-state index in [1.165, 1.54) is 12.0 Å². The topological polar surface area (TPSA) is 20.2 Å². The lowest BCUT2D eigenvalue weighted by atomic mass is 9.88. The van der Waals surface area contributed by atoms with E-state index in [0.717, 1.165) is 12.8 Å². The highest BCUT2D eigenvalue weighted by atomic mass is 16.3. The summed E-state index contributed by atoms with van der Waals surface area (Å²) in [5.41, 5.74) is 1.27. The van der Waals surface area contributed by atoms with Gasteiger partial charge in [0, 0.05) is 0 Å². The average molecular weight is 168 g/mol. The molecule has 0 heterocycles. The van der Waals surface area contributed by atoms with Gasteiger partial charge < -0.3 is 5.11 Å². The van der Waals surface area contributed by atoms with E-state index in [1.54, 1.807) is 0 Å². The molecule has 0 saturated heterocycles. The van der Waals surface area contributed by atoms with Crippen molar-refractivity contribution in [3.8, 4) is 0 Å². The molecule has 0 aromatic heterocycles. The standard InChI is InChI=1S/C11H20O/c1-8(2)9(3)11(12)10-6-4-5-7-10/h6,8-9,11-12H,4-5,7H2,1-3H3. The van der Waals surface area contributed by atoms with Crippen molar-refractivity contribution in [3.05, 3.63) is 11.6 Å². The van der Waals surface area contributed by atoms with Gasteiger partial charge in [-0.05, 0) is 36.7 Å². The lowest BCUT2D eigenvalue weighted by Gasteiger charge is -2.23. The molecule has 0 aromatic rings. The molecule has 1 nitrogen and oxygen atoms in total. The van der Waals surface area contributed by atoms with E-state index in [1.807, 2.05) is 0 Å². The van der Waals surface area contributed by atoms with Crippen molar-refractivity contribution in [1.29, 1.82) is 0 Å². The van der Waals surface area contributed by atoms with Crippen LogP contribution in [0, 0.1) is 11.8 Å². The first-order chi connectivity index (χ1) is 5.63. The summed E-state index contributed by atoms with van der Waals surface area (Å²) in [5, 5.41) is 9.92. The van der Waals surface area contributed by atoms with Gasteiger partial charge in [0.25, 0.3) is 0 Å². The Morgan fingerprint density at radius 1 is 1.33 bits per heavy atom. The number of aliphatic hydroxyl groups excluding tert-OH is 1. The van der Waals surface area contributed by atoms with Gasteiger partial charge in [-0.2, -0.15) is 0 Å². The molecule has 70 valence electrons. The molecular formula is C11H20O. The van der Waals surface area contributed by atoms with Crippen LogP contribution in [0.1, 0.15) is 40.0 Å². The normalized spacial score (nSPS) is 22.6. The zero-order valence-electron chi connectivity index (χ0n) is 8.38. The van der Waals surface area contributed by atoms with Crippen molar-refractivity contribution in [2.24, 2.45) is 11.8 Å². The molecule has 0 amide bonds. The predicted molar refractivity (Wildman–Crippen MR) is 51.9 cm³/mol. The third kappa shape index (κ3) is 2.10. The minimum absolute atomic E-state index is 0.188. The van der Waals surface area contributed by atoms with Crippen molar-refractivity contribution < 1.29 is 5.11 Å².